The molecule has 1 nitrogen and oxygen atoms in total. The molecule has 1 aliphatic carbocycles. The smallest absolute Gasteiger partial charge is 0.146 e. The van der Waals surface area contributed by atoms with Gasteiger partial charge in [0.2, 0.25) is 0 Å². The van der Waals surface area contributed by atoms with Crippen LogP contribution in [0.4, 0.5) is 4.39 Å². The Morgan fingerprint density at radius 3 is 2.81 bits per heavy atom. The number of rotatable bonds is 4. The lowest BCUT2D eigenvalue weighted by atomic mass is 9.70. The molecule has 0 spiro atoms. The van der Waals surface area contributed by atoms with Crippen molar-refractivity contribution in [1.29, 1.82) is 0 Å². The lowest BCUT2D eigenvalue weighted by molar-refractivity contribution is 0.156. The number of halogens is 2. The van der Waals surface area contributed by atoms with Gasteiger partial charge in [-0.3, -0.25) is 0 Å². The quantitative estimate of drug-likeness (QED) is 0.847. The highest BCUT2D eigenvalue weighted by Gasteiger charge is 2.30. The molecule has 1 aromatic carbocycles. The Morgan fingerprint density at radius 2 is 2.19 bits per heavy atom. The molecule has 2 rings (SSSR count). The number of benzene rings is 1. The molecular formula is C13H17ClFN. The Kier molecular flexibility index (Phi) is 3.50. The number of hydrogen-bond acceptors (Lipinski definition) is 1. The van der Waals surface area contributed by atoms with Crippen LogP contribution in [0.15, 0.2) is 18.2 Å². The van der Waals surface area contributed by atoms with Gasteiger partial charge in [0.15, 0.2) is 0 Å². The first-order valence-electron chi connectivity index (χ1n) is 5.74. The maximum absolute atomic E-state index is 13.5. The first-order chi connectivity index (χ1) is 7.61. The minimum Gasteiger partial charge on any atom is -0.312 e. The zero-order valence-corrected chi connectivity index (χ0v) is 10.3. The topological polar surface area (TPSA) is 12.0 Å². The lowest BCUT2D eigenvalue weighted by Crippen LogP contribution is -2.37. The Balaban J connectivity index is 1.87. The Bertz CT molecular complexity index is 374. The van der Waals surface area contributed by atoms with Crippen molar-refractivity contribution < 1.29 is 4.39 Å². The molecule has 0 aliphatic heterocycles. The van der Waals surface area contributed by atoms with E-state index in [9.17, 15) is 4.39 Å². The van der Waals surface area contributed by atoms with E-state index in [-0.39, 0.29) is 10.8 Å². The number of nitrogens with one attached hydrogen (secondary N) is 1. The summed E-state index contributed by atoms with van der Waals surface area (Å²) in [6.07, 6.45) is 3.87. The molecule has 1 saturated carbocycles. The molecule has 0 atom stereocenters. The van der Waals surface area contributed by atoms with Gasteiger partial charge in [-0.05, 0) is 24.3 Å². The minimum atomic E-state index is -0.296. The summed E-state index contributed by atoms with van der Waals surface area (Å²) in [7, 11) is 0. The van der Waals surface area contributed by atoms with Gasteiger partial charge in [-0.25, -0.2) is 4.39 Å². The van der Waals surface area contributed by atoms with E-state index >= 15 is 0 Å². The SMILES string of the molecule is CC1(CNCc2cccc(Cl)c2F)CCC1. The molecule has 0 saturated heterocycles. The summed E-state index contributed by atoms with van der Waals surface area (Å²) in [5.74, 6) is -0.296. The molecule has 1 aliphatic rings. The van der Waals surface area contributed by atoms with E-state index in [0.717, 1.165) is 6.54 Å². The lowest BCUT2D eigenvalue weighted by Gasteiger charge is -2.38. The molecule has 0 aromatic heterocycles. The zero-order chi connectivity index (χ0) is 11.6. The van der Waals surface area contributed by atoms with Crippen LogP contribution in [0.2, 0.25) is 5.02 Å². The zero-order valence-electron chi connectivity index (χ0n) is 9.52. The molecule has 3 heteroatoms. The Hall–Kier alpha value is -0.600. The Morgan fingerprint density at radius 1 is 1.44 bits per heavy atom. The van der Waals surface area contributed by atoms with Crippen molar-refractivity contribution in [3.05, 3.63) is 34.6 Å². The van der Waals surface area contributed by atoms with Crippen LogP contribution in [0, 0.1) is 11.2 Å². The maximum Gasteiger partial charge on any atom is 0.146 e. The third kappa shape index (κ3) is 2.55. The van der Waals surface area contributed by atoms with Crippen LogP contribution in [0.5, 0.6) is 0 Å². The van der Waals surface area contributed by atoms with Gasteiger partial charge in [0.05, 0.1) is 5.02 Å². The summed E-state index contributed by atoms with van der Waals surface area (Å²) >= 11 is 5.72. The second-order valence-corrected chi connectivity index (χ2v) is 5.39. The normalized spacial score (nSPS) is 18.2. The highest BCUT2D eigenvalue weighted by Crippen LogP contribution is 2.39. The van der Waals surface area contributed by atoms with Crippen LogP contribution < -0.4 is 5.32 Å². The van der Waals surface area contributed by atoms with Crippen molar-refractivity contribution in [3.8, 4) is 0 Å². The fourth-order valence-corrected chi connectivity index (χ4v) is 2.34. The molecule has 0 unspecified atom stereocenters. The van der Waals surface area contributed by atoms with Crippen LogP contribution in [-0.4, -0.2) is 6.54 Å². The summed E-state index contributed by atoms with van der Waals surface area (Å²) in [6, 6.07) is 5.14. The monoisotopic (exact) mass is 241 g/mol. The van der Waals surface area contributed by atoms with E-state index in [1.54, 1.807) is 18.2 Å². The van der Waals surface area contributed by atoms with Crippen molar-refractivity contribution in [1.82, 2.24) is 5.32 Å². The van der Waals surface area contributed by atoms with Gasteiger partial charge in [0.1, 0.15) is 5.82 Å². The van der Waals surface area contributed by atoms with Crippen molar-refractivity contribution in [2.75, 3.05) is 6.54 Å². The van der Waals surface area contributed by atoms with E-state index in [4.69, 9.17) is 11.6 Å². The second-order valence-electron chi connectivity index (χ2n) is 4.98. The van der Waals surface area contributed by atoms with Gasteiger partial charge in [0, 0.05) is 18.7 Å². The van der Waals surface area contributed by atoms with Gasteiger partial charge in [-0.1, -0.05) is 37.1 Å². The average Bonchev–Trinajstić information content (AvgIpc) is 2.22. The third-order valence-corrected chi connectivity index (χ3v) is 3.75. The van der Waals surface area contributed by atoms with E-state index in [0.29, 0.717) is 17.5 Å². The van der Waals surface area contributed by atoms with Crippen LogP contribution in [0.1, 0.15) is 31.7 Å². The van der Waals surface area contributed by atoms with Gasteiger partial charge in [-0.15, -0.1) is 0 Å². The fraction of sp³-hybridized carbons (Fsp3) is 0.538. The van der Waals surface area contributed by atoms with Crippen LogP contribution >= 0.6 is 11.6 Å². The first kappa shape index (κ1) is 11.9. The van der Waals surface area contributed by atoms with Gasteiger partial charge >= 0.3 is 0 Å². The van der Waals surface area contributed by atoms with Crippen molar-refractivity contribution in [2.45, 2.75) is 32.7 Å². The second kappa shape index (κ2) is 4.72. The standard InChI is InChI=1S/C13H17ClFN/c1-13(6-3-7-13)9-16-8-10-4-2-5-11(14)12(10)15/h2,4-5,16H,3,6-9H2,1H3. The molecule has 16 heavy (non-hydrogen) atoms. The summed E-state index contributed by atoms with van der Waals surface area (Å²) in [5, 5.41) is 3.52. The molecule has 0 radical (unpaired) electrons. The van der Waals surface area contributed by atoms with Gasteiger partial charge < -0.3 is 5.32 Å². The summed E-state index contributed by atoms with van der Waals surface area (Å²) in [4.78, 5) is 0. The average molecular weight is 242 g/mol. The molecule has 0 heterocycles. The van der Waals surface area contributed by atoms with E-state index in [1.165, 1.54) is 19.3 Å². The highest BCUT2D eigenvalue weighted by molar-refractivity contribution is 6.30. The minimum absolute atomic E-state index is 0.203. The fourth-order valence-electron chi connectivity index (χ4n) is 2.14. The third-order valence-electron chi connectivity index (χ3n) is 3.46. The van der Waals surface area contributed by atoms with Crippen LogP contribution in [0.25, 0.3) is 0 Å². The van der Waals surface area contributed by atoms with Gasteiger partial charge in [0.25, 0.3) is 0 Å². The summed E-state index contributed by atoms with van der Waals surface area (Å²) in [5.41, 5.74) is 1.07. The van der Waals surface area contributed by atoms with Crippen molar-refractivity contribution in [2.24, 2.45) is 5.41 Å². The maximum atomic E-state index is 13.5. The molecule has 88 valence electrons. The van der Waals surface area contributed by atoms with E-state index < -0.39 is 0 Å². The van der Waals surface area contributed by atoms with Crippen molar-refractivity contribution >= 4 is 11.6 Å². The summed E-state index contributed by atoms with van der Waals surface area (Å²) < 4.78 is 13.5. The van der Waals surface area contributed by atoms with Crippen LogP contribution in [-0.2, 0) is 6.54 Å². The van der Waals surface area contributed by atoms with E-state index in [2.05, 4.69) is 12.2 Å². The van der Waals surface area contributed by atoms with Gasteiger partial charge in [-0.2, -0.15) is 0 Å². The largest absolute Gasteiger partial charge is 0.312 e. The Labute approximate surface area is 101 Å². The van der Waals surface area contributed by atoms with Crippen molar-refractivity contribution in [3.63, 3.8) is 0 Å². The predicted molar refractivity (Wildman–Crippen MR) is 65.1 cm³/mol. The molecular weight excluding hydrogens is 225 g/mol. The first-order valence-corrected chi connectivity index (χ1v) is 6.12. The predicted octanol–water partition coefficient (Wildman–Crippen LogP) is 3.76. The molecule has 0 amide bonds. The highest BCUT2D eigenvalue weighted by atomic mass is 35.5. The summed E-state index contributed by atoms with van der Waals surface area (Å²) in [6.45, 7) is 3.79. The molecule has 1 fully saturated rings. The number of hydrogen-bond donors (Lipinski definition) is 1. The molecule has 0 bridgehead atoms. The van der Waals surface area contributed by atoms with Crippen LogP contribution in [0.3, 0.4) is 0 Å². The van der Waals surface area contributed by atoms with E-state index in [1.807, 2.05) is 0 Å². The molecule has 1 N–H and O–H groups in total. The molecule has 1 aromatic rings.